The fourth-order valence-corrected chi connectivity index (χ4v) is 1.82. The number of aliphatic hydroxyl groups is 1. The Morgan fingerprint density at radius 2 is 2.12 bits per heavy atom. The summed E-state index contributed by atoms with van der Waals surface area (Å²) < 4.78 is 10.2. The lowest BCUT2D eigenvalue weighted by molar-refractivity contribution is 0.0317. The summed E-state index contributed by atoms with van der Waals surface area (Å²) in [6, 6.07) is 0.379. The molecule has 16 heavy (non-hydrogen) atoms. The molecule has 1 aliphatic heterocycles. The molecule has 1 fully saturated rings. The Morgan fingerprint density at radius 3 is 2.75 bits per heavy atom. The van der Waals surface area contributed by atoms with Crippen LogP contribution in [0, 0.1) is 0 Å². The summed E-state index contributed by atoms with van der Waals surface area (Å²) in [6.07, 6.45) is -0.419. The summed E-state index contributed by atoms with van der Waals surface area (Å²) in [7, 11) is 1.60. The third-order valence-electron chi connectivity index (χ3n) is 2.70. The Bertz CT molecular complexity index is 175. The molecule has 0 spiro atoms. The predicted molar refractivity (Wildman–Crippen MR) is 62.6 cm³/mol. The quantitative estimate of drug-likeness (QED) is 0.608. The van der Waals surface area contributed by atoms with Crippen molar-refractivity contribution in [2.45, 2.75) is 19.1 Å². The first-order valence-corrected chi connectivity index (χ1v) is 5.93. The molecule has 0 aromatic carbocycles. The molecule has 0 aromatic heterocycles. The first-order chi connectivity index (χ1) is 7.72. The lowest BCUT2D eigenvalue weighted by atomic mass is 10.2. The maximum absolute atomic E-state index is 9.48. The molecule has 0 aromatic rings. The van der Waals surface area contributed by atoms with E-state index < -0.39 is 6.10 Å². The maximum atomic E-state index is 9.48. The van der Waals surface area contributed by atoms with Crippen molar-refractivity contribution in [1.82, 2.24) is 10.2 Å². The molecule has 2 atom stereocenters. The molecule has 0 amide bonds. The lowest BCUT2D eigenvalue weighted by Crippen LogP contribution is -2.46. The van der Waals surface area contributed by atoms with Gasteiger partial charge in [0.05, 0.1) is 25.9 Å². The van der Waals surface area contributed by atoms with Crippen molar-refractivity contribution in [1.29, 1.82) is 0 Å². The summed E-state index contributed by atoms with van der Waals surface area (Å²) in [5, 5.41) is 12.8. The van der Waals surface area contributed by atoms with Crippen molar-refractivity contribution in [3.05, 3.63) is 0 Å². The minimum Gasteiger partial charge on any atom is -0.389 e. The monoisotopic (exact) mass is 232 g/mol. The van der Waals surface area contributed by atoms with Gasteiger partial charge in [-0.2, -0.15) is 0 Å². The smallest absolute Gasteiger partial charge is 0.0897 e. The Kier molecular flexibility index (Phi) is 6.91. The van der Waals surface area contributed by atoms with Crippen molar-refractivity contribution in [2.75, 3.05) is 53.1 Å². The average Bonchev–Trinajstić information content (AvgIpc) is 2.28. The van der Waals surface area contributed by atoms with Crippen LogP contribution in [0.3, 0.4) is 0 Å². The predicted octanol–water partition coefficient (Wildman–Crippen LogP) is -0.696. The number of nitrogens with zero attached hydrogens (tertiary/aromatic N) is 1. The summed E-state index contributed by atoms with van der Waals surface area (Å²) in [6.45, 7) is 7.78. The van der Waals surface area contributed by atoms with Gasteiger partial charge in [-0.3, -0.25) is 4.90 Å². The van der Waals surface area contributed by atoms with E-state index >= 15 is 0 Å². The molecular weight excluding hydrogens is 208 g/mol. The molecule has 1 aliphatic rings. The highest BCUT2D eigenvalue weighted by Crippen LogP contribution is 1.98. The van der Waals surface area contributed by atoms with Crippen molar-refractivity contribution >= 4 is 0 Å². The SMILES string of the molecule is COCC(O)CNC(C)CN1CCOCC1. The first kappa shape index (κ1) is 13.9. The molecule has 1 heterocycles. The molecule has 0 bridgehead atoms. The molecule has 1 rings (SSSR count). The van der Waals surface area contributed by atoms with Crippen LogP contribution in [0.2, 0.25) is 0 Å². The van der Waals surface area contributed by atoms with E-state index in [0.29, 0.717) is 19.2 Å². The van der Waals surface area contributed by atoms with Gasteiger partial charge in [-0.25, -0.2) is 0 Å². The number of rotatable bonds is 7. The topological polar surface area (TPSA) is 54.0 Å². The maximum Gasteiger partial charge on any atom is 0.0897 e. The standard InChI is InChI=1S/C11H24N2O3/c1-10(12-7-11(14)9-15-2)8-13-3-5-16-6-4-13/h10-12,14H,3-9H2,1-2H3. The highest BCUT2D eigenvalue weighted by molar-refractivity contribution is 4.71. The fraction of sp³-hybridized carbons (Fsp3) is 1.00. The first-order valence-electron chi connectivity index (χ1n) is 5.93. The van der Waals surface area contributed by atoms with Crippen LogP contribution in [-0.4, -0.2) is 75.3 Å². The van der Waals surface area contributed by atoms with Crippen molar-refractivity contribution in [3.63, 3.8) is 0 Å². The summed E-state index contributed by atoms with van der Waals surface area (Å²) in [5.74, 6) is 0. The Hall–Kier alpha value is -0.200. The number of hydrogen-bond acceptors (Lipinski definition) is 5. The van der Waals surface area contributed by atoms with Gasteiger partial charge in [0, 0.05) is 39.3 Å². The number of ether oxygens (including phenoxy) is 2. The molecule has 0 radical (unpaired) electrons. The number of hydrogen-bond donors (Lipinski definition) is 2. The third-order valence-corrected chi connectivity index (χ3v) is 2.70. The van der Waals surface area contributed by atoms with Crippen molar-refractivity contribution in [3.8, 4) is 0 Å². The molecule has 96 valence electrons. The largest absolute Gasteiger partial charge is 0.389 e. The van der Waals surface area contributed by atoms with Gasteiger partial charge < -0.3 is 19.9 Å². The molecule has 5 nitrogen and oxygen atoms in total. The second-order valence-corrected chi connectivity index (χ2v) is 4.33. The highest BCUT2D eigenvalue weighted by atomic mass is 16.5. The van der Waals surface area contributed by atoms with E-state index in [0.717, 1.165) is 32.8 Å². The van der Waals surface area contributed by atoms with Gasteiger partial charge in [-0.1, -0.05) is 0 Å². The normalized spacial score (nSPS) is 21.9. The zero-order chi connectivity index (χ0) is 11.8. The summed E-state index contributed by atoms with van der Waals surface area (Å²) in [4.78, 5) is 2.38. The molecular formula is C11H24N2O3. The van der Waals surface area contributed by atoms with E-state index in [2.05, 4.69) is 17.1 Å². The van der Waals surface area contributed by atoms with E-state index in [4.69, 9.17) is 9.47 Å². The van der Waals surface area contributed by atoms with E-state index in [1.807, 2.05) is 0 Å². The summed E-state index contributed by atoms with van der Waals surface area (Å²) >= 11 is 0. The molecule has 5 heteroatoms. The van der Waals surface area contributed by atoms with Gasteiger partial charge in [0.1, 0.15) is 0 Å². The minimum absolute atomic E-state index is 0.379. The fourth-order valence-electron chi connectivity index (χ4n) is 1.82. The number of morpholine rings is 1. The van der Waals surface area contributed by atoms with Crippen LogP contribution in [0.5, 0.6) is 0 Å². The average molecular weight is 232 g/mol. The molecule has 0 saturated carbocycles. The van der Waals surface area contributed by atoms with E-state index in [-0.39, 0.29) is 0 Å². The molecule has 1 saturated heterocycles. The highest BCUT2D eigenvalue weighted by Gasteiger charge is 2.14. The van der Waals surface area contributed by atoms with Crippen LogP contribution in [0.15, 0.2) is 0 Å². The van der Waals surface area contributed by atoms with Gasteiger partial charge in [-0.15, -0.1) is 0 Å². The molecule has 2 unspecified atom stereocenters. The van der Waals surface area contributed by atoms with Gasteiger partial charge in [-0.05, 0) is 6.92 Å². The van der Waals surface area contributed by atoms with Gasteiger partial charge in [0.15, 0.2) is 0 Å². The van der Waals surface area contributed by atoms with Crippen LogP contribution in [-0.2, 0) is 9.47 Å². The minimum atomic E-state index is -0.419. The van der Waals surface area contributed by atoms with Crippen LogP contribution in [0.1, 0.15) is 6.92 Å². The van der Waals surface area contributed by atoms with E-state index in [1.54, 1.807) is 7.11 Å². The Morgan fingerprint density at radius 1 is 1.44 bits per heavy atom. The van der Waals surface area contributed by atoms with Gasteiger partial charge >= 0.3 is 0 Å². The second-order valence-electron chi connectivity index (χ2n) is 4.33. The number of nitrogens with one attached hydrogen (secondary N) is 1. The summed E-state index contributed by atoms with van der Waals surface area (Å²) in [5.41, 5.74) is 0. The number of aliphatic hydroxyl groups excluding tert-OH is 1. The van der Waals surface area contributed by atoms with Crippen molar-refractivity contribution < 1.29 is 14.6 Å². The third kappa shape index (κ3) is 5.77. The zero-order valence-electron chi connectivity index (χ0n) is 10.3. The van der Waals surface area contributed by atoms with Crippen LogP contribution in [0.4, 0.5) is 0 Å². The van der Waals surface area contributed by atoms with Crippen LogP contribution >= 0.6 is 0 Å². The Labute approximate surface area is 97.7 Å². The van der Waals surface area contributed by atoms with Crippen LogP contribution in [0.25, 0.3) is 0 Å². The van der Waals surface area contributed by atoms with Crippen LogP contribution < -0.4 is 5.32 Å². The lowest BCUT2D eigenvalue weighted by Gasteiger charge is -2.29. The van der Waals surface area contributed by atoms with Crippen molar-refractivity contribution in [2.24, 2.45) is 0 Å². The molecule has 2 N–H and O–H groups in total. The van der Waals surface area contributed by atoms with Gasteiger partial charge in [0.25, 0.3) is 0 Å². The molecule has 0 aliphatic carbocycles. The zero-order valence-corrected chi connectivity index (χ0v) is 10.3. The van der Waals surface area contributed by atoms with E-state index in [9.17, 15) is 5.11 Å². The second kappa shape index (κ2) is 7.97. The van der Waals surface area contributed by atoms with Gasteiger partial charge in [0.2, 0.25) is 0 Å². The Balaban J connectivity index is 2.07. The van der Waals surface area contributed by atoms with E-state index in [1.165, 1.54) is 0 Å². The number of methoxy groups -OCH3 is 1.